The Labute approximate surface area is 229 Å². The lowest BCUT2D eigenvalue weighted by molar-refractivity contribution is 0.0119. The lowest BCUT2D eigenvalue weighted by Gasteiger charge is -2.46. The summed E-state index contributed by atoms with van der Waals surface area (Å²) >= 11 is 0. The molecule has 1 unspecified atom stereocenters. The monoisotopic (exact) mass is 546 g/mol. The summed E-state index contributed by atoms with van der Waals surface area (Å²) in [5.74, 6) is -2.55. The number of benzene rings is 4. The lowest BCUT2D eigenvalue weighted by Crippen LogP contribution is -2.57. The van der Waals surface area contributed by atoms with Crippen molar-refractivity contribution in [1.29, 1.82) is 0 Å². The first-order valence-electron chi connectivity index (χ1n) is 12.6. The number of halogens is 4. The van der Waals surface area contributed by atoms with Crippen molar-refractivity contribution in [2.75, 3.05) is 14.1 Å². The Morgan fingerprint density at radius 2 is 1.00 bits per heavy atom. The van der Waals surface area contributed by atoms with E-state index in [-0.39, 0.29) is 11.1 Å². The number of urea groups is 1. The number of rotatable bonds is 6. The molecule has 204 valence electrons. The average molecular weight is 547 g/mol. The van der Waals surface area contributed by atoms with E-state index >= 15 is 0 Å². The van der Waals surface area contributed by atoms with Gasteiger partial charge in [-0.3, -0.25) is 0 Å². The van der Waals surface area contributed by atoms with Gasteiger partial charge in [0.05, 0.1) is 6.04 Å². The summed E-state index contributed by atoms with van der Waals surface area (Å²) in [7, 11) is 3.11. The van der Waals surface area contributed by atoms with Gasteiger partial charge in [0.15, 0.2) is 0 Å². The molecule has 0 bridgehead atoms. The number of hydrogen-bond acceptors (Lipinski definition) is 2. The van der Waals surface area contributed by atoms with Crippen molar-refractivity contribution < 1.29 is 27.5 Å². The standard InChI is InChI=1S/C32H26F4N2O2/c1-37-28(30(20-3-11-24(33)12-4-20)21-5-13-25(34)14-6-21)19-29(38(2)31(37)39)32(40,22-7-15-26(35)16-8-22)23-9-17-27(36)18-10-23/h3-19,29-30,40H,1-2H3. The maximum absolute atomic E-state index is 13.9. The van der Waals surface area contributed by atoms with E-state index in [1.807, 2.05) is 0 Å². The highest BCUT2D eigenvalue weighted by Crippen LogP contribution is 2.43. The number of nitrogens with zero attached hydrogens (tertiary/aromatic N) is 2. The molecule has 1 heterocycles. The molecular weight excluding hydrogens is 520 g/mol. The smallest absolute Gasteiger partial charge is 0.324 e. The van der Waals surface area contributed by atoms with Gasteiger partial charge in [-0.15, -0.1) is 0 Å². The van der Waals surface area contributed by atoms with Gasteiger partial charge in [0.25, 0.3) is 0 Å². The highest BCUT2D eigenvalue weighted by Gasteiger charge is 2.47. The molecule has 4 aromatic rings. The minimum absolute atomic E-state index is 0.283. The third-order valence-electron chi connectivity index (χ3n) is 7.42. The molecule has 1 aliphatic rings. The molecule has 2 amide bonds. The molecule has 4 nitrogen and oxygen atoms in total. The zero-order valence-corrected chi connectivity index (χ0v) is 21.7. The summed E-state index contributed by atoms with van der Waals surface area (Å²) in [6.07, 6.45) is 1.71. The van der Waals surface area contributed by atoms with Crippen LogP contribution in [0.4, 0.5) is 22.4 Å². The van der Waals surface area contributed by atoms with E-state index in [1.165, 1.54) is 89.6 Å². The Hall–Kier alpha value is -4.43. The van der Waals surface area contributed by atoms with E-state index in [2.05, 4.69) is 0 Å². The number of allylic oxidation sites excluding steroid dienone is 1. The quantitative estimate of drug-likeness (QED) is 0.279. The molecule has 0 radical (unpaired) electrons. The third-order valence-corrected chi connectivity index (χ3v) is 7.42. The van der Waals surface area contributed by atoms with Crippen LogP contribution in [-0.2, 0) is 5.60 Å². The molecule has 1 atom stereocenters. The van der Waals surface area contributed by atoms with Crippen molar-refractivity contribution in [3.8, 4) is 0 Å². The highest BCUT2D eigenvalue weighted by atomic mass is 19.1. The van der Waals surface area contributed by atoms with Crippen molar-refractivity contribution in [2.45, 2.75) is 17.6 Å². The lowest BCUT2D eigenvalue weighted by atomic mass is 9.77. The Morgan fingerprint density at radius 1 is 0.650 bits per heavy atom. The van der Waals surface area contributed by atoms with Crippen LogP contribution in [0, 0.1) is 23.3 Å². The van der Waals surface area contributed by atoms with Gasteiger partial charge in [-0.1, -0.05) is 48.5 Å². The molecule has 40 heavy (non-hydrogen) atoms. The minimum Gasteiger partial charge on any atom is -0.378 e. The number of hydrogen-bond donors (Lipinski definition) is 1. The normalized spacial score (nSPS) is 15.9. The first kappa shape index (κ1) is 27.1. The predicted octanol–water partition coefficient (Wildman–Crippen LogP) is 6.56. The third kappa shape index (κ3) is 4.86. The van der Waals surface area contributed by atoms with Crippen LogP contribution < -0.4 is 0 Å². The maximum atomic E-state index is 13.9. The summed E-state index contributed by atoms with van der Waals surface area (Å²) in [5.41, 5.74) is 0.363. The topological polar surface area (TPSA) is 43.8 Å². The fourth-order valence-corrected chi connectivity index (χ4v) is 5.30. The second-order valence-corrected chi connectivity index (χ2v) is 9.81. The second kappa shape index (κ2) is 10.6. The van der Waals surface area contributed by atoms with Crippen molar-refractivity contribution in [1.82, 2.24) is 9.80 Å². The van der Waals surface area contributed by atoms with Crippen LogP contribution in [0.3, 0.4) is 0 Å². The van der Waals surface area contributed by atoms with E-state index in [1.54, 1.807) is 37.4 Å². The van der Waals surface area contributed by atoms with Crippen LogP contribution in [0.15, 0.2) is 109 Å². The van der Waals surface area contributed by atoms with Crippen LogP contribution in [0.25, 0.3) is 0 Å². The predicted molar refractivity (Wildman–Crippen MR) is 143 cm³/mol. The van der Waals surface area contributed by atoms with Crippen LogP contribution in [0.1, 0.15) is 28.2 Å². The molecule has 0 saturated carbocycles. The molecule has 0 aromatic heterocycles. The van der Waals surface area contributed by atoms with Gasteiger partial charge in [-0.2, -0.15) is 0 Å². The van der Waals surface area contributed by atoms with Crippen LogP contribution >= 0.6 is 0 Å². The van der Waals surface area contributed by atoms with E-state index < -0.39 is 46.9 Å². The fraction of sp³-hybridized carbons (Fsp3) is 0.156. The molecule has 0 fully saturated rings. The Morgan fingerprint density at radius 3 is 1.38 bits per heavy atom. The molecule has 1 aliphatic heterocycles. The Kier molecular flexibility index (Phi) is 7.21. The Bertz CT molecular complexity index is 1450. The SMILES string of the molecule is CN1C(=O)N(C)C(C(O)(c2ccc(F)cc2)c2ccc(F)cc2)C=C1C(c1ccc(F)cc1)c1ccc(F)cc1. The van der Waals surface area contributed by atoms with Gasteiger partial charge in [0.1, 0.15) is 28.9 Å². The molecule has 0 aliphatic carbocycles. The van der Waals surface area contributed by atoms with E-state index in [0.717, 1.165) is 0 Å². The molecule has 8 heteroatoms. The molecule has 0 spiro atoms. The molecule has 0 saturated heterocycles. The fourth-order valence-electron chi connectivity index (χ4n) is 5.30. The Balaban J connectivity index is 1.75. The van der Waals surface area contributed by atoms with E-state index in [4.69, 9.17) is 0 Å². The first-order chi connectivity index (χ1) is 19.1. The van der Waals surface area contributed by atoms with Crippen molar-refractivity contribution in [2.24, 2.45) is 0 Å². The summed E-state index contributed by atoms with van der Waals surface area (Å²) < 4.78 is 55.5. The minimum atomic E-state index is -1.92. The number of carbonyl (C=O) groups is 1. The highest BCUT2D eigenvalue weighted by molar-refractivity contribution is 5.79. The summed E-state index contributed by atoms with van der Waals surface area (Å²) in [4.78, 5) is 16.5. The summed E-state index contributed by atoms with van der Waals surface area (Å²) in [6, 6.07) is 20.5. The van der Waals surface area contributed by atoms with Gasteiger partial charge >= 0.3 is 6.03 Å². The number of aliphatic hydroxyl groups is 1. The number of carbonyl (C=O) groups excluding carboxylic acids is 1. The zero-order chi connectivity index (χ0) is 28.6. The summed E-state index contributed by atoms with van der Waals surface area (Å²) in [6.45, 7) is 0. The van der Waals surface area contributed by atoms with E-state index in [0.29, 0.717) is 16.8 Å². The largest absolute Gasteiger partial charge is 0.378 e. The van der Waals surface area contributed by atoms with Crippen LogP contribution in [0.2, 0.25) is 0 Å². The summed E-state index contributed by atoms with van der Waals surface area (Å²) in [5, 5.41) is 12.4. The molecule has 5 rings (SSSR count). The second-order valence-electron chi connectivity index (χ2n) is 9.81. The van der Waals surface area contributed by atoms with Crippen molar-refractivity contribution in [3.63, 3.8) is 0 Å². The molecule has 1 N–H and O–H groups in total. The van der Waals surface area contributed by atoms with Crippen molar-refractivity contribution >= 4 is 6.03 Å². The van der Waals surface area contributed by atoms with Crippen molar-refractivity contribution in [3.05, 3.63) is 154 Å². The average Bonchev–Trinajstić information content (AvgIpc) is 2.95. The first-order valence-corrected chi connectivity index (χ1v) is 12.6. The molecule has 4 aromatic carbocycles. The van der Waals surface area contributed by atoms with Crippen LogP contribution in [0.5, 0.6) is 0 Å². The van der Waals surface area contributed by atoms with Gasteiger partial charge in [-0.25, -0.2) is 22.4 Å². The van der Waals surface area contributed by atoms with Crippen LogP contribution in [-0.4, -0.2) is 41.1 Å². The van der Waals surface area contributed by atoms with Gasteiger partial charge in [0.2, 0.25) is 0 Å². The number of likely N-dealkylation sites (N-methyl/N-ethyl adjacent to an activating group) is 2. The number of amides is 2. The van der Waals surface area contributed by atoms with E-state index in [9.17, 15) is 27.5 Å². The van der Waals surface area contributed by atoms with Gasteiger partial charge in [-0.05, 0) is 76.9 Å². The van der Waals surface area contributed by atoms with Gasteiger partial charge < -0.3 is 14.9 Å². The molecular formula is C32H26F4N2O2. The zero-order valence-electron chi connectivity index (χ0n) is 21.7. The maximum Gasteiger partial charge on any atom is 0.324 e. The van der Waals surface area contributed by atoms with Gasteiger partial charge in [0, 0.05) is 25.7 Å².